The molecular weight excluding hydrogens is 362 g/mol. The molecule has 0 radical (unpaired) electrons. The molecule has 2 atom stereocenters. The summed E-state index contributed by atoms with van der Waals surface area (Å²) in [6.07, 6.45) is 0.677. The maximum atomic E-state index is 12.5. The van der Waals surface area contributed by atoms with E-state index < -0.39 is 42.0 Å². The Balaban J connectivity index is 1.56. The molecule has 8 nitrogen and oxygen atoms in total. The third-order valence-electron chi connectivity index (χ3n) is 5.30. The van der Waals surface area contributed by atoms with Crippen LogP contribution < -0.4 is 10.6 Å². The van der Waals surface area contributed by atoms with Gasteiger partial charge >= 0.3 is 12.0 Å². The van der Waals surface area contributed by atoms with Crippen LogP contribution in [0.3, 0.4) is 0 Å². The molecule has 1 saturated heterocycles. The summed E-state index contributed by atoms with van der Waals surface area (Å²) in [6, 6.07) is 4.97. The minimum absolute atomic E-state index is 0.104. The molecule has 150 valence electrons. The van der Waals surface area contributed by atoms with E-state index in [1.54, 1.807) is 13.0 Å². The second-order valence-corrected chi connectivity index (χ2v) is 7.74. The molecule has 0 bridgehead atoms. The first kappa shape index (κ1) is 19.9. The van der Waals surface area contributed by atoms with Gasteiger partial charge in [-0.05, 0) is 58.1 Å². The second kappa shape index (κ2) is 7.26. The van der Waals surface area contributed by atoms with Crippen molar-refractivity contribution in [3.8, 4) is 0 Å². The number of carbonyl (C=O) groups excluding carboxylic acids is 4. The van der Waals surface area contributed by atoms with Gasteiger partial charge < -0.3 is 15.4 Å². The van der Waals surface area contributed by atoms with Gasteiger partial charge in [0.15, 0.2) is 6.10 Å². The van der Waals surface area contributed by atoms with Crippen molar-refractivity contribution in [1.29, 1.82) is 0 Å². The predicted molar refractivity (Wildman–Crippen MR) is 101 cm³/mol. The lowest BCUT2D eigenvalue weighted by Crippen LogP contribution is -2.46. The van der Waals surface area contributed by atoms with Crippen LogP contribution in [-0.4, -0.2) is 46.9 Å². The third-order valence-corrected chi connectivity index (χ3v) is 5.30. The van der Waals surface area contributed by atoms with E-state index in [-0.39, 0.29) is 5.92 Å². The Morgan fingerprint density at radius 1 is 1.32 bits per heavy atom. The molecule has 1 aromatic rings. The van der Waals surface area contributed by atoms with Crippen molar-refractivity contribution >= 4 is 29.5 Å². The number of amides is 4. The van der Waals surface area contributed by atoms with Crippen molar-refractivity contribution in [3.63, 3.8) is 0 Å². The van der Waals surface area contributed by atoms with E-state index in [0.717, 1.165) is 28.9 Å². The number of nitrogens with zero attached hydrogens (tertiary/aromatic N) is 1. The van der Waals surface area contributed by atoms with Gasteiger partial charge in [-0.3, -0.25) is 19.3 Å². The van der Waals surface area contributed by atoms with Crippen LogP contribution in [0.1, 0.15) is 37.8 Å². The van der Waals surface area contributed by atoms with E-state index in [1.165, 1.54) is 6.92 Å². The van der Waals surface area contributed by atoms with E-state index in [9.17, 15) is 19.2 Å². The van der Waals surface area contributed by atoms with Gasteiger partial charge in [0.1, 0.15) is 12.1 Å². The Bertz CT molecular complexity index is 848. The van der Waals surface area contributed by atoms with Crippen LogP contribution in [0.15, 0.2) is 18.2 Å². The standard InChI is InChI=1S/C20H25N3O5/c1-11-5-8-15(12(2)9-11)21-17(25)13(3)28-16(24)10-23-18(26)20(4,14-6-7-14)22-19(23)27/h5,8-9,13-14H,6-7,10H2,1-4H3,(H,21,25)(H,22,27)/t13-,20+/m1/s1. The normalized spacial score (nSPS) is 22.6. The van der Waals surface area contributed by atoms with E-state index in [4.69, 9.17) is 4.74 Å². The number of hydrogen-bond acceptors (Lipinski definition) is 5. The highest BCUT2D eigenvalue weighted by Crippen LogP contribution is 2.42. The monoisotopic (exact) mass is 387 g/mol. The Hall–Kier alpha value is -2.90. The molecule has 1 saturated carbocycles. The molecule has 1 heterocycles. The van der Waals surface area contributed by atoms with Crippen molar-refractivity contribution in [2.45, 2.75) is 52.2 Å². The Labute approximate surface area is 163 Å². The number of ether oxygens (including phenoxy) is 1. The van der Waals surface area contributed by atoms with Gasteiger partial charge in [-0.15, -0.1) is 0 Å². The molecule has 0 aromatic heterocycles. The Kier molecular flexibility index (Phi) is 5.14. The number of esters is 1. The average molecular weight is 387 g/mol. The van der Waals surface area contributed by atoms with Gasteiger partial charge in [-0.2, -0.15) is 0 Å². The highest BCUT2D eigenvalue weighted by molar-refractivity contribution is 6.09. The first-order chi connectivity index (χ1) is 13.1. The van der Waals surface area contributed by atoms with Crippen LogP contribution in [0.4, 0.5) is 10.5 Å². The van der Waals surface area contributed by atoms with Crippen molar-refractivity contribution in [3.05, 3.63) is 29.3 Å². The number of hydrogen-bond donors (Lipinski definition) is 2. The number of carbonyl (C=O) groups is 4. The van der Waals surface area contributed by atoms with E-state index >= 15 is 0 Å². The highest BCUT2D eigenvalue weighted by Gasteiger charge is 2.56. The summed E-state index contributed by atoms with van der Waals surface area (Å²) < 4.78 is 5.13. The van der Waals surface area contributed by atoms with Gasteiger partial charge in [0.2, 0.25) is 0 Å². The molecule has 28 heavy (non-hydrogen) atoms. The van der Waals surface area contributed by atoms with Crippen molar-refractivity contribution in [1.82, 2.24) is 10.2 Å². The minimum atomic E-state index is -1.07. The maximum Gasteiger partial charge on any atom is 0.327 e. The summed E-state index contributed by atoms with van der Waals surface area (Å²) in [4.78, 5) is 50.0. The molecule has 1 aliphatic carbocycles. The van der Waals surface area contributed by atoms with Crippen LogP contribution in [0, 0.1) is 19.8 Å². The van der Waals surface area contributed by atoms with Crippen LogP contribution in [-0.2, 0) is 19.1 Å². The molecule has 2 fully saturated rings. The lowest BCUT2D eigenvalue weighted by atomic mass is 9.96. The molecule has 1 aliphatic heterocycles. The average Bonchev–Trinajstić information content (AvgIpc) is 3.43. The lowest BCUT2D eigenvalue weighted by Gasteiger charge is -2.21. The Morgan fingerprint density at radius 3 is 2.61 bits per heavy atom. The summed E-state index contributed by atoms with van der Waals surface area (Å²) in [5.41, 5.74) is 1.64. The molecule has 4 amide bonds. The SMILES string of the molecule is Cc1ccc(NC(=O)[C@@H](C)OC(=O)CN2C(=O)N[C@@](C)(C3CC3)C2=O)c(C)c1. The smallest absolute Gasteiger partial charge is 0.327 e. The van der Waals surface area contributed by atoms with E-state index in [0.29, 0.717) is 5.69 Å². The van der Waals surface area contributed by atoms with Crippen LogP contribution >= 0.6 is 0 Å². The quantitative estimate of drug-likeness (QED) is 0.573. The van der Waals surface area contributed by atoms with E-state index in [2.05, 4.69) is 10.6 Å². The fourth-order valence-electron chi connectivity index (χ4n) is 3.40. The largest absolute Gasteiger partial charge is 0.451 e. The van der Waals surface area contributed by atoms with Crippen LogP contribution in [0.2, 0.25) is 0 Å². The first-order valence-electron chi connectivity index (χ1n) is 9.33. The number of urea groups is 1. The number of anilines is 1. The highest BCUT2D eigenvalue weighted by atomic mass is 16.5. The number of nitrogens with one attached hydrogen (secondary N) is 2. The molecule has 3 rings (SSSR count). The van der Waals surface area contributed by atoms with Crippen molar-refractivity contribution < 1.29 is 23.9 Å². The molecule has 8 heteroatoms. The zero-order chi connectivity index (χ0) is 20.6. The van der Waals surface area contributed by atoms with Gasteiger partial charge in [-0.1, -0.05) is 17.7 Å². The minimum Gasteiger partial charge on any atom is -0.451 e. The van der Waals surface area contributed by atoms with Gasteiger partial charge in [0, 0.05) is 5.69 Å². The number of rotatable bonds is 6. The van der Waals surface area contributed by atoms with E-state index in [1.807, 2.05) is 26.0 Å². The molecule has 0 spiro atoms. The fourth-order valence-corrected chi connectivity index (χ4v) is 3.40. The number of aryl methyl sites for hydroxylation is 2. The molecule has 1 aromatic carbocycles. The first-order valence-corrected chi connectivity index (χ1v) is 9.33. The summed E-state index contributed by atoms with van der Waals surface area (Å²) >= 11 is 0. The van der Waals surface area contributed by atoms with Crippen LogP contribution in [0.5, 0.6) is 0 Å². The molecule has 2 aliphatic rings. The third kappa shape index (κ3) is 3.85. The maximum absolute atomic E-state index is 12.5. The zero-order valence-corrected chi connectivity index (χ0v) is 16.5. The van der Waals surface area contributed by atoms with Crippen molar-refractivity contribution in [2.24, 2.45) is 5.92 Å². The summed E-state index contributed by atoms with van der Waals surface area (Å²) in [7, 11) is 0. The summed E-state index contributed by atoms with van der Waals surface area (Å²) in [5, 5.41) is 5.38. The Morgan fingerprint density at radius 2 is 2.00 bits per heavy atom. The molecule has 0 unspecified atom stereocenters. The fraction of sp³-hybridized carbons (Fsp3) is 0.500. The van der Waals surface area contributed by atoms with Crippen molar-refractivity contribution in [2.75, 3.05) is 11.9 Å². The molecule has 2 N–H and O–H groups in total. The van der Waals surface area contributed by atoms with Gasteiger partial charge in [0.05, 0.1) is 0 Å². The zero-order valence-electron chi connectivity index (χ0n) is 16.5. The summed E-state index contributed by atoms with van der Waals surface area (Å²) in [5.74, 6) is -1.62. The number of benzene rings is 1. The molecular formula is C20H25N3O5. The predicted octanol–water partition coefficient (Wildman–Crippen LogP) is 1.89. The number of imide groups is 1. The van der Waals surface area contributed by atoms with Gasteiger partial charge in [0.25, 0.3) is 11.8 Å². The van der Waals surface area contributed by atoms with Gasteiger partial charge in [-0.25, -0.2) is 4.79 Å². The lowest BCUT2D eigenvalue weighted by molar-refractivity contribution is -0.155. The topological polar surface area (TPSA) is 105 Å². The van der Waals surface area contributed by atoms with Crippen LogP contribution in [0.25, 0.3) is 0 Å². The summed E-state index contributed by atoms with van der Waals surface area (Å²) in [6.45, 7) is 6.42. The second-order valence-electron chi connectivity index (χ2n) is 7.74.